The van der Waals surface area contributed by atoms with Gasteiger partial charge in [0.25, 0.3) is 5.91 Å². The molecule has 0 fully saturated rings. The maximum atomic E-state index is 12.1. The highest BCUT2D eigenvalue weighted by molar-refractivity contribution is 7.10. The zero-order chi connectivity index (χ0) is 15.1. The first kappa shape index (κ1) is 15.5. The van der Waals surface area contributed by atoms with Crippen molar-refractivity contribution >= 4 is 17.2 Å². The second-order valence-corrected chi connectivity index (χ2v) is 5.48. The topological polar surface area (TPSA) is 58.6 Å². The number of thiophene rings is 1. The number of hydrogen-bond acceptors (Lipinski definition) is 4. The Morgan fingerprint density at radius 1 is 1.33 bits per heavy atom. The number of aliphatic hydroxyl groups is 1. The summed E-state index contributed by atoms with van der Waals surface area (Å²) in [6, 6.07) is 10.9. The average molecular weight is 305 g/mol. The van der Waals surface area contributed by atoms with Gasteiger partial charge < -0.3 is 15.2 Å². The molecule has 1 unspecified atom stereocenters. The van der Waals surface area contributed by atoms with Gasteiger partial charge in [-0.05, 0) is 36.9 Å². The number of nitrogens with one attached hydrogen (secondary N) is 1. The number of carbonyl (C=O) groups excluding carboxylic acids is 1. The Morgan fingerprint density at radius 3 is 2.86 bits per heavy atom. The molecule has 1 aromatic carbocycles. The quantitative estimate of drug-likeness (QED) is 0.826. The van der Waals surface area contributed by atoms with Gasteiger partial charge >= 0.3 is 0 Å². The number of ether oxygens (including phenoxy) is 1. The van der Waals surface area contributed by atoms with Crippen LogP contribution >= 0.6 is 11.3 Å². The van der Waals surface area contributed by atoms with Crippen molar-refractivity contribution in [3.8, 4) is 5.75 Å². The van der Waals surface area contributed by atoms with Crippen LogP contribution in [0.15, 0.2) is 41.8 Å². The van der Waals surface area contributed by atoms with E-state index in [-0.39, 0.29) is 5.91 Å². The highest BCUT2D eigenvalue weighted by Crippen LogP contribution is 2.21. The van der Waals surface area contributed by atoms with Crippen LogP contribution in [-0.2, 0) is 0 Å². The van der Waals surface area contributed by atoms with Crippen LogP contribution in [0.2, 0.25) is 0 Å². The number of hydrogen-bond donors (Lipinski definition) is 2. The van der Waals surface area contributed by atoms with Gasteiger partial charge in [-0.15, -0.1) is 11.3 Å². The summed E-state index contributed by atoms with van der Waals surface area (Å²) >= 11 is 1.51. The zero-order valence-electron chi connectivity index (χ0n) is 11.9. The van der Waals surface area contributed by atoms with E-state index >= 15 is 0 Å². The van der Waals surface area contributed by atoms with Gasteiger partial charge in [0, 0.05) is 11.4 Å². The van der Waals surface area contributed by atoms with E-state index in [0.29, 0.717) is 30.9 Å². The third-order valence-corrected chi connectivity index (χ3v) is 3.98. The molecule has 1 amide bonds. The maximum absolute atomic E-state index is 12.1. The van der Waals surface area contributed by atoms with Gasteiger partial charge in [0.15, 0.2) is 0 Å². The van der Waals surface area contributed by atoms with Crippen LogP contribution in [0.25, 0.3) is 0 Å². The molecule has 0 aliphatic carbocycles. The molecule has 2 aromatic rings. The number of benzene rings is 1. The van der Waals surface area contributed by atoms with Crippen LogP contribution in [0.1, 0.15) is 34.7 Å². The molecule has 4 nitrogen and oxygen atoms in total. The number of rotatable bonds is 7. The van der Waals surface area contributed by atoms with Gasteiger partial charge in [-0.25, -0.2) is 0 Å². The van der Waals surface area contributed by atoms with Crippen LogP contribution in [0.5, 0.6) is 5.75 Å². The van der Waals surface area contributed by atoms with E-state index in [1.165, 1.54) is 11.3 Å². The maximum Gasteiger partial charge on any atom is 0.255 e. The molecule has 0 bridgehead atoms. The fourth-order valence-electron chi connectivity index (χ4n) is 1.98. The summed E-state index contributed by atoms with van der Waals surface area (Å²) in [7, 11) is 0. The zero-order valence-corrected chi connectivity index (χ0v) is 12.7. The fraction of sp³-hybridized carbons (Fsp3) is 0.312. The lowest BCUT2D eigenvalue weighted by Crippen LogP contribution is -2.26. The second-order valence-electron chi connectivity index (χ2n) is 4.50. The number of aliphatic hydroxyl groups excluding tert-OH is 1. The second kappa shape index (κ2) is 7.81. The minimum Gasteiger partial charge on any atom is -0.493 e. The summed E-state index contributed by atoms with van der Waals surface area (Å²) in [5.74, 6) is 0.397. The first-order valence-electron chi connectivity index (χ1n) is 6.94. The number of para-hydroxylation sites is 1. The minimum absolute atomic E-state index is 0.183. The predicted molar refractivity (Wildman–Crippen MR) is 83.8 cm³/mol. The van der Waals surface area contributed by atoms with Crippen LogP contribution < -0.4 is 10.1 Å². The molecule has 5 heteroatoms. The van der Waals surface area contributed by atoms with Crippen molar-refractivity contribution in [2.45, 2.75) is 19.4 Å². The Morgan fingerprint density at radius 2 is 2.14 bits per heavy atom. The molecule has 21 heavy (non-hydrogen) atoms. The molecule has 0 saturated heterocycles. The van der Waals surface area contributed by atoms with Crippen molar-refractivity contribution in [3.05, 3.63) is 52.2 Å². The molecule has 0 aliphatic heterocycles. The lowest BCUT2D eigenvalue weighted by Gasteiger charge is -2.12. The van der Waals surface area contributed by atoms with Gasteiger partial charge in [-0.1, -0.05) is 18.2 Å². The summed E-state index contributed by atoms with van der Waals surface area (Å²) in [5.41, 5.74) is 0.518. The lowest BCUT2D eigenvalue weighted by molar-refractivity contribution is 0.0939. The number of carbonyl (C=O) groups is 1. The van der Waals surface area contributed by atoms with Crippen LogP contribution in [0.4, 0.5) is 0 Å². The van der Waals surface area contributed by atoms with Crippen molar-refractivity contribution in [1.82, 2.24) is 5.32 Å². The largest absolute Gasteiger partial charge is 0.493 e. The van der Waals surface area contributed by atoms with Gasteiger partial charge in [0.1, 0.15) is 5.75 Å². The van der Waals surface area contributed by atoms with Gasteiger partial charge in [0.05, 0.1) is 18.3 Å². The summed E-state index contributed by atoms with van der Waals surface area (Å²) in [6.45, 7) is 2.81. The normalized spacial score (nSPS) is 11.9. The van der Waals surface area contributed by atoms with Crippen LogP contribution in [-0.4, -0.2) is 24.2 Å². The van der Waals surface area contributed by atoms with Crippen LogP contribution in [0, 0.1) is 0 Å². The van der Waals surface area contributed by atoms with Gasteiger partial charge in [-0.2, -0.15) is 0 Å². The van der Waals surface area contributed by atoms with Crippen molar-refractivity contribution in [2.75, 3.05) is 13.2 Å². The Hall–Kier alpha value is -1.85. The molecule has 1 heterocycles. The van der Waals surface area contributed by atoms with Crippen molar-refractivity contribution in [3.63, 3.8) is 0 Å². The smallest absolute Gasteiger partial charge is 0.255 e. The summed E-state index contributed by atoms with van der Waals surface area (Å²) in [4.78, 5) is 13.1. The first-order chi connectivity index (χ1) is 10.2. The Balaban J connectivity index is 1.87. The SMILES string of the molecule is CCOc1ccccc1C(=O)NCCC(O)c1cccs1. The minimum atomic E-state index is -0.535. The predicted octanol–water partition coefficient (Wildman–Crippen LogP) is 3.00. The fourth-order valence-corrected chi connectivity index (χ4v) is 2.72. The Bertz CT molecular complexity index is 569. The standard InChI is InChI=1S/C16H19NO3S/c1-2-20-14-7-4-3-6-12(14)16(19)17-10-9-13(18)15-8-5-11-21-15/h3-8,11,13,18H,2,9-10H2,1H3,(H,17,19). The van der Waals surface area contributed by atoms with E-state index in [1.807, 2.05) is 30.5 Å². The molecular formula is C16H19NO3S. The van der Waals surface area contributed by atoms with Crippen molar-refractivity contribution in [2.24, 2.45) is 0 Å². The van der Waals surface area contributed by atoms with Crippen molar-refractivity contribution < 1.29 is 14.6 Å². The molecule has 2 rings (SSSR count). The van der Waals surface area contributed by atoms with Crippen molar-refractivity contribution in [1.29, 1.82) is 0 Å². The molecule has 1 atom stereocenters. The lowest BCUT2D eigenvalue weighted by atomic mass is 10.1. The molecule has 1 aromatic heterocycles. The average Bonchev–Trinajstić information content (AvgIpc) is 3.02. The van der Waals surface area contributed by atoms with E-state index < -0.39 is 6.10 Å². The molecule has 0 radical (unpaired) electrons. The van der Waals surface area contributed by atoms with E-state index in [1.54, 1.807) is 18.2 Å². The van der Waals surface area contributed by atoms with E-state index in [9.17, 15) is 9.90 Å². The molecule has 2 N–H and O–H groups in total. The van der Waals surface area contributed by atoms with E-state index in [2.05, 4.69) is 5.32 Å². The van der Waals surface area contributed by atoms with E-state index in [0.717, 1.165) is 4.88 Å². The summed E-state index contributed by atoms with van der Waals surface area (Å²) < 4.78 is 5.44. The molecule has 0 spiro atoms. The third-order valence-electron chi connectivity index (χ3n) is 3.01. The van der Waals surface area contributed by atoms with Crippen LogP contribution in [0.3, 0.4) is 0 Å². The van der Waals surface area contributed by atoms with Gasteiger partial charge in [-0.3, -0.25) is 4.79 Å². The number of amides is 1. The first-order valence-corrected chi connectivity index (χ1v) is 7.81. The molecule has 0 aliphatic rings. The summed E-state index contributed by atoms with van der Waals surface area (Å²) in [5, 5.41) is 14.7. The Kier molecular flexibility index (Phi) is 5.78. The highest BCUT2D eigenvalue weighted by atomic mass is 32.1. The van der Waals surface area contributed by atoms with E-state index in [4.69, 9.17) is 4.74 Å². The third kappa shape index (κ3) is 4.31. The van der Waals surface area contributed by atoms with Gasteiger partial charge in [0.2, 0.25) is 0 Å². The summed E-state index contributed by atoms with van der Waals surface area (Å²) in [6.07, 6.45) is -0.0456. The molecule has 112 valence electrons. The highest BCUT2D eigenvalue weighted by Gasteiger charge is 2.13. The molecule has 0 saturated carbocycles. The monoisotopic (exact) mass is 305 g/mol. The molecular weight excluding hydrogens is 286 g/mol. The Labute approximate surface area is 128 Å².